The molecular formula is CH4ClFeO-. The Kier molecular flexibility index (Phi) is 264. The number of hydrogen-bond acceptors (Lipinski definition) is 1. The van der Waals surface area contributed by atoms with E-state index in [4.69, 9.17) is 5.11 Å². The van der Waals surface area contributed by atoms with Crippen LogP contribution in [0.4, 0.5) is 0 Å². The van der Waals surface area contributed by atoms with Crippen LogP contribution < -0.4 is 12.4 Å². The van der Waals surface area contributed by atoms with E-state index in [1.165, 1.54) is 0 Å². The van der Waals surface area contributed by atoms with Crippen LogP contribution in [0.1, 0.15) is 0 Å². The second kappa shape index (κ2) is 48.8. The Labute approximate surface area is 42.3 Å². The Balaban J connectivity index is -0.00000000500. The molecule has 0 saturated carbocycles. The molecule has 0 radical (unpaired) electrons. The van der Waals surface area contributed by atoms with E-state index >= 15 is 0 Å². The molecule has 0 heterocycles. The molecular weight excluding hydrogens is 119 g/mol. The Bertz CT molecular complexity index is 8.00. The van der Waals surface area contributed by atoms with E-state index in [0.717, 1.165) is 7.11 Å². The summed E-state index contributed by atoms with van der Waals surface area (Å²) in [6.45, 7) is 0. The first-order valence-electron chi connectivity index (χ1n) is 0.447. The summed E-state index contributed by atoms with van der Waals surface area (Å²) in [5.41, 5.74) is 0. The van der Waals surface area contributed by atoms with Crippen LogP contribution in [0.25, 0.3) is 0 Å². The van der Waals surface area contributed by atoms with E-state index < -0.39 is 0 Å². The van der Waals surface area contributed by atoms with Crippen molar-refractivity contribution in [3.8, 4) is 0 Å². The Morgan fingerprint density at radius 3 is 1.25 bits per heavy atom. The third kappa shape index (κ3) is 14.6. The zero-order chi connectivity index (χ0) is 2.00. The molecule has 0 bridgehead atoms. The summed E-state index contributed by atoms with van der Waals surface area (Å²) >= 11 is 0. The van der Waals surface area contributed by atoms with Gasteiger partial charge >= 0.3 is 0 Å². The number of rotatable bonds is 0. The fourth-order valence-electron chi connectivity index (χ4n) is 0. The minimum Gasteiger partial charge on any atom is -1.00 e. The van der Waals surface area contributed by atoms with Crippen LogP contribution in [-0.4, -0.2) is 12.2 Å². The van der Waals surface area contributed by atoms with Crippen LogP contribution in [0.15, 0.2) is 0 Å². The molecule has 3 heteroatoms. The Morgan fingerprint density at radius 2 is 1.25 bits per heavy atom. The first-order chi connectivity index (χ1) is 1.00. The van der Waals surface area contributed by atoms with Crippen molar-refractivity contribution < 1.29 is 34.6 Å². The fourth-order valence-corrected chi connectivity index (χ4v) is 0. The third-order valence-corrected chi connectivity index (χ3v) is 0. The summed E-state index contributed by atoms with van der Waals surface area (Å²) in [7, 11) is 1.00. The summed E-state index contributed by atoms with van der Waals surface area (Å²) in [5, 5.41) is 7.00. The first-order valence-corrected chi connectivity index (χ1v) is 0.447. The van der Waals surface area contributed by atoms with Crippen molar-refractivity contribution in [2.45, 2.75) is 0 Å². The summed E-state index contributed by atoms with van der Waals surface area (Å²) in [6.07, 6.45) is 0. The first kappa shape index (κ1) is 21.6. The van der Waals surface area contributed by atoms with Crippen molar-refractivity contribution in [2.24, 2.45) is 0 Å². The predicted molar refractivity (Wildman–Crippen MR) is 8.14 cm³/mol. The summed E-state index contributed by atoms with van der Waals surface area (Å²) in [4.78, 5) is 0. The van der Waals surface area contributed by atoms with Crippen molar-refractivity contribution in [3.63, 3.8) is 0 Å². The van der Waals surface area contributed by atoms with Gasteiger partial charge in [-0.2, -0.15) is 0 Å². The van der Waals surface area contributed by atoms with Gasteiger partial charge in [-0.15, -0.1) is 0 Å². The topological polar surface area (TPSA) is 20.2 Å². The van der Waals surface area contributed by atoms with Crippen LogP contribution in [0.5, 0.6) is 0 Å². The zero-order valence-electron chi connectivity index (χ0n) is 2.18. The minimum atomic E-state index is 0. The van der Waals surface area contributed by atoms with E-state index in [9.17, 15) is 0 Å². The van der Waals surface area contributed by atoms with Gasteiger partial charge in [0, 0.05) is 24.2 Å². The van der Waals surface area contributed by atoms with Gasteiger partial charge in [0.05, 0.1) is 0 Å². The van der Waals surface area contributed by atoms with Crippen molar-refractivity contribution in [1.29, 1.82) is 0 Å². The molecule has 30 valence electrons. The van der Waals surface area contributed by atoms with Crippen molar-refractivity contribution >= 4 is 0 Å². The van der Waals surface area contributed by atoms with Crippen LogP contribution in [-0.2, 0) is 17.1 Å². The van der Waals surface area contributed by atoms with E-state index in [0.29, 0.717) is 0 Å². The summed E-state index contributed by atoms with van der Waals surface area (Å²) in [6, 6.07) is 0. The molecule has 0 aromatic rings. The van der Waals surface area contributed by atoms with Crippen LogP contribution in [0.2, 0.25) is 0 Å². The van der Waals surface area contributed by atoms with Crippen LogP contribution in [0.3, 0.4) is 0 Å². The third-order valence-electron chi connectivity index (χ3n) is 0. The minimum absolute atomic E-state index is 0. The normalized spacial score (nSPS) is 1.50. The zero-order valence-corrected chi connectivity index (χ0v) is 4.04. The maximum absolute atomic E-state index is 7.00. The molecule has 0 aromatic carbocycles. The van der Waals surface area contributed by atoms with Crippen LogP contribution in [0, 0.1) is 0 Å². The molecule has 0 saturated heterocycles. The quantitative estimate of drug-likeness (QED) is 0.333. The molecule has 0 aliphatic heterocycles. The molecule has 0 aromatic heterocycles. The van der Waals surface area contributed by atoms with Crippen molar-refractivity contribution in [3.05, 3.63) is 0 Å². The smallest absolute Gasteiger partial charge is 0.0319 e. The van der Waals surface area contributed by atoms with E-state index in [1.54, 1.807) is 0 Å². The molecule has 0 amide bonds. The maximum atomic E-state index is 7.00. The molecule has 0 spiro atoms. The molecule has 1 N–H and O–H groups in total. The summed E-state index contributed by atoms with van der Waals surface area (Å²) < 4.78 is 0. The standard InChI is InChI=1S/CH4O.ClH.Fe/c1-2;;/h2H,1H3;1H;/p-1. The monoisotopic (exact) mass is 123 g/mol. The second-order valence-corrected chi connectivity index (χ2v) is 0. The summed E-state index contributed by atoms with van der Waals surface area (Å²) in [5.74, 6) is 0. The van der Waals surface area contributed by atoms with E-state index in [-0.39, 0.29) is 29.5 Å². The Morgan fingerprint density at radius 1 is 1.25 bits per heavy atom. The van der Waals surface area contributed by atoms with Gasteiger partial charge in [0.15, 0.2) is 0 Å². The SMILES string of the molecule is CO.[Cl-].[Fe]. The van der Waals surface area contributed by atoms with Gasteiger partial charge in [-0.25, -0.2) is 0 Å². The van der Waals surface area contributed by atoms with Gasteiger partial charge < -0.3 is 17.5 Å². The van der Waals surface area contributed by atoms with Gasteiger partial charge in [0.1, 0.15) is 0 Å². The second-order valence-electron chi connectivity index (χ2n) is 0. The number of aliphatic hydroxyl groups excluding tert-OH is 1. The fraction of sp³-hybridized carbons (Fsp3) is 1.00. The largest absolute Gasteiger partial charge is 1.00 e. The Hall–Kier alpha value is 0.769. The number of halogens is 1. The molecule has 0 aliphatic carbocycles. The average Bonchev–Trinajstić information content (AvgIpc) is 1.00. The molecule has 0 unspecified atom stereocenters. The van der Waals surface area contributed by atoms with Gasteiger partial charge in [-0.05, 0) is 0 Å². The predicted octanol–water partition coefficient (Wildman–Crippen LogP) is -3.39. The van der Waals surface area contributed by atoms with Gasteiger partial charge in [-0.1, -0.05) is 0 Å². The molecule has 4 heavy (non-hydrogen) atoms. The number of aliphatic hydroxyl groups is 1. The van der Waals surface area contributed by atoms with E-state index in [2.05, 4.69) is 0 Å². The van der Waals surface area contributed by atoms with Gasteiger partial charge in [0.25, 0.3) is 0 Å². The van der Waals surface area contributed by atoms with Crippen molar-refractivity contribution in [1.82, 2.24) is 0 Å². The molecule has 0 aliphatic rings. The van der Waals surface area contributed by atoms with Gasteiger partial charge in [-0.3, -0.25) is 0 Å². The van der Waals surface area contributed by atoms with E-state index in [1.807, 2.05) is 0 Å². The molecule has 1 nitrogen and oxygen atoms in total. The molecule has 0 fully saturated rings. The van der Waals surface area contributed by atoms with Crippen LogP contribution >= 0.6 is 0 Å². The van der Waals surface area contributed by atoms with Gasteiger partial charge in [0.2, 0.25) is 0 Å². The average molecular weight is 123 g/mol. The maximum Gasteiger partial charge on any atom is 0.0319 e. The molecule has 0 rings (SSSR count). The van der Waals surface area contributed by atoms with Crippen molar-refractivity contribution in [2.75, 3.05) is 7.11 Å². The number of hydrogen-bond donors (Lipinski definition) is 1. The molecule has 0 atom stereocenters.